The number of nitrogens with one attached hydrogen (secondary N) is 1. The topological polar surface area (TPSA) is 62.3 Å². The van der Waals surface area contributed by atoms with Crippen molar-refractivity contribution in [2.45, 2.75) is 27.3 Å². The molecule has 1 aliphatic heterocycles. The predicted octanol–water partition coefficient (Wildman–Crippen LogP) is 4.38. The highest BCUT2D eigenvalue weighted by atomic mass is 16.2. The smallest absolute Gasteiger partial charge is 0.259 e. The molecular formula is C22H21N3O2. The van der Waals surface area contributed by atoms with Crippen LogP contribution < -0.4 is 10.2 Å². The van der Waals surface area contributed by atoms with E-state index in [4.69, 9.17) is 0 Å². The Bertz CT molecular complexity index is 1070. The first kappa shape index (κ1) is 17.2. The highest BCUT2D eigenvalue weighted by Crippen LogP contribution is 2.32. The number of pyridine rings is 1. The van der Waals surface area contributed by atoms with E-state index in [1.807, 2.05) is 63.2 Å². The van der Waals surface area contributed by atoms with E-state index < -0.39 is 5.41 Å². The summed E-state index contributed by atoms with van der Waals surface area (Å²) in [6, 6.07) is 15.2. The molecular weight excluding hydrogens is 338 g/mol. The van der Waals surface area contributed by atoms with Crippen LogP contribution in [0.2, 0.25) is 0 Å². The van der Waals surface area contributed by atoms with Crippen LogP contribution in [-0.4, -0.2) is 16.8 Å². The Morgan fingerprint density at radius 1 is 1.11 bits per heavy atom. The van der Waals surface area contributed by atoms with Gasteiger partial charge in [-0.1, -0.05) is 32.9 Å². The maximum Gasteiger partial charge on any atom is 0.259 e. The van der Waals surface area contributed by atoms with E-state index in [2.05, 4.69) is 10.3 Å². The van der Waals surface area contributed by atoms with Crippen LogP contribution >= 0.6 is 0 Å². The lowest BCUT2D eigenvalue weighted by molar-refractivity contribution is -0.123. The lowest BCUT2D eigenvalue weighted by atomic mass is 9.95. The van der Waals surface area contributed by atoms with Crippen LogP contribution in [-0.2, 0) is 11.3 Å². The second kappa shape index (κ2) is 6.20. The molecule has 0 aliphatic carbocycles. The molecule has 27 heavy (non-hydrogen) atoms. The van der Waals surface area contributed by atoms with Crippen molar-refractivity contribution < 1.29 is 9.59 Å². The molecule has 0 saturated heterocycles. The summed E-state index contributed by atoms with van der Waals surface area (Å²) < 4.78 is 0. The maximum atomic E-state index is 13.0. The average molecular weight is 359 g/mol. The molecule has 4 rings (SSSR count). The van der Waals surface area contributed by atoms with Crippen molar-refractivity contribution >= 4 is 34.1 Å². The van der Waals surface area contributed by atoms with Crippen molar-refractivity contribution in [3.05, 3.63) is 65.9 Å². The van der Waals surface area contributed by atoms with Gasteiger partial charge in [0.1, 0.15) is 0 Å². The van der Waals surface area contributed by atoms with Crippen molar-refractivity contribution in [1.29, 1.82) is 0 Å². The minimum atomic E-state index is -0.492. The Morgan fingerprint density at radius 3 is 2.70 bits per heavy atom. The minimum absolute atomic E-state index is 0.0555. The third-order valence-corrected chi connectivity index (χ3v) is 4.75. The molecule has 5 nitrogen and oxygen atoms in total. The molecule has 1 aliphatic rings. The molecule has 1 aromatic heterocycles. The summed E-state index contributed by atoms with van der Waals surface area (Å²) in [4.78, 5) is 31.3. The number of rotatable bonds is 2. The van der Waals surface area contributed by atoms with Gasteiger partial charge in [-0.3, -0.25) is 14.6 Å². The van der Waals surface area contributed by atoms with Gasteiger partial charge in [0.05, 0.1) is 12.1 Å². The number of hydrogen-bond acceptors (Lipinski definition) is 3. The quantitative estimate of drug-likeness (QED) is 0.738. The molecule has 0 unspecified atom stereocenters. The third kappa shape index (κ3) is 3.16. The number of carbonyl (C=O) groups is 2. The van der Waals surface area contributed by atoms with Gasteiger partial charge >= 0.3 is 0 Å². The number of fused-ring (bicyclic) bond motifs is 2. The second-order valence-electron chi connectivity index (χ2n) is 7.85. The van der Waals surface area contributed by atoms with Gasteiger partial charge in [0.2, 0.25) is 5.91 Å². The van der Waals surface area contributed by atoms with Gasteiger partial charge in [0.15, 0.2) is 0 Å². The van der Waals surface area contributed by atoms with E-state index in [0.29, 0.717) is 17.8 Å². The fourth-order valence-electron chi connectivity index (χ4n) is 3.14. The molecule has 2 aromatic carbocycles. The lowest BCUT2D eigenvalue weighted by Crippen LogP contribution is -2.27. The molecule has 0 fully saturated rings. The second-order valence-corrected chi connectivity index (χ2v) is 7.85. The molecule has 0 bridgehead atoms. The molecule has 136 valence electrons. The zero-order valence-electron chi connectivity index (χ0n) is 15.6. The fraction of sp³-hybridized carbons (Fsp3) is 0.227. The molecule has 0 saturated carbocycles. The molecule has 0 radical (unpaired) electrons. The van der Waals surface area contributed by atoms with E-state index in [1.165, 1.54) is 0 Å². The van der Waals surface area contributed by atoms with Crippen LogP contribution in [0.3, 0.4) is 0 Å². The van der Waals surface area contributed by atoms with Crippen LogP contribution in [0.15, 0.2) is 54.7 Å². The summed E-state index contributed by atoms with van der Waals surface area (Å²) in [6.07, 6.45) is 1.76. The van der Waals surface area contributed by atoms with Crippen molar-refractivity contribution in [2.75, 3.05) is 10.2 Å². The Kier molecular flexibility index (Phi) is 3.95. The van der Waals surface area contributed by atoms with Gasteiger partial charge in [-0.05, 0) is 42.0 Å². The Balaban J connectivity index is 1.62. The number of anilines is 2. The highest BCUT2D eigenvalue weighted by molar-refractivity contribution is 6.11. The monoisotopic (exact) mass is 359 g/mol. The summed E-state index contributed by atoms with van der Waals surface area (Å²) in [6.45, 7) is 6.10. The number of amides is 2. The molecule has 0 spiro atoms. The van der Waals surface area contributed by atoms with Gasteiger partial charge in [-0.25, -0.2) is 0 Å². The van der Waals surface area contributed by atoms with E-state index in [9.17, 15) is 9.59 Å². The molecule has 0 atom stereocenters. The Labute approximate surface area is 158 Å². The largest absolute Gasteiger partial charge is 0.326 e. The van der Waals surface area contributed by atoms with Gasteiger partial charge in [0, 0.05) is 33.9 Å². The van der Waals surface area contributed by atoms with Gasteiger partial charge in [-0.15, -0.1) is 0 Å². The molecule has 1 N–H and O–H groups in total. The summed E-state index contributed by atoms with van der Waals surface area (Å²) in [5.41, 5.74) is 3.49. The first-order valence-electron chi connectivity index (χ1n) is 8.94. The standard InChI is InChI=1S/C22H21N3O2/c1-22(2,3)21(27)24-16-7-6-15-13-25(20(26)18(15)12-16)17-8-9-19-14(11-17)5-4-10-23-19/h4-12H,13H2,1-3H3,(H,24,27). The van der Waals surface area contributed by atoms with Crippen molar-refractivity contribution in [3.8, 4) is 0 Å². The zero-order chi connectivity index (χ0) is 19.2. The normalized spacial score (nSPS) is 13.7. The van der Waals surface area contributed by atoms with E-state index in [-0.39, 0.29) is 11.8 Å². The number of nitrogens with zero attached hydrogens (tertiary/aromatic N) is 2. The molecule has 5 heteroatoms. The highest BCUT2D eigenvalue weighted by Gasteiger charge is 2.29. The van der Waals surface area contributed by atoms with Crippen LogP contribution in [0, 0.1) is 5.41 Å². The van der Waals surface area contributed by atoms with E-state index in [1.54, 1.807) is 17.2 Å². The van der Waals surface area contributed by atoms with E-state index >= 15 is 0 Å². The van der Waals surface area contributed by atoms with Crippen LogP contribution in [0.1, 0.15) is 36.7 Å². The summed E-state index contributed by atoms with van der Waals surface area (Å²) in [7, 11) is 0. The first-order chi connectivity index (χ1) is 12.8. The number of hydrogen-bond donors (Lipinski definition) is 1. The van der Waals surface area contributed by atoms with Crippen molar-refractivity contribution in [1.82, 2.24) is 4.98 Å². The number of benzene rings is 2. The summed E-state index contributed by atoms with van der Waals surface area (Å²) in [5, 5.41) is 3.89. The van der Waals surface area contributed by atoms with Gasteiger partial charge < -0.3 is 10.2 Å². The van der Waals surface area contributed by atoms with Gasteiger partial charge in [0.25, 0.3) is 5.91 Å². The van der Waals surface area contributed by atoms with Crippen molar-refractivity contribution in [3.63, 3.8) is 0 Å². The van der Waals surface area contributed by atoms with Crippen LogP contribution in [0.4, 0.5) is 11.4 Å². The first-order valence-corrected chi connectivity index (χ1v) is 8.94. The SMILES string of the molecule is CC(C)(C)C(=O)Nc1ccc2c(c1)C(=O)N(c1ccc3ncccc3c1)C2. The maximum absolute atomic E-state index is 13.0. The lowest BCUT2D eigenvalue weighted by Gasteiger charge is -2.18. The molecule has 2 heterocycles. The van der Waals surface area contributed by atoms with Crippen LogP contribution in [0.25, 0.3) is 10.9 Å². The Morgan fingerprint density at radius 2 is 1.93 bits per heavy atom. The predicted molar refractivity (Wildman–Crippen MR) is 107 cm³/mol. The summed E-state index contributed by atoms with van der Waals surface area (Å²) in [5.74, 6) is -0.133. The van der Waals surface area contributed by atoms with Gasteiger partial charge in [-0.2, -0.15) is 0 Å². The van der Waals surface area contributed by atoms with Crippen LogP contribution in [0.5, 0.6) is 0 Å². The Hall–Kier alpha value is -3.21. The molecule has 2 amide bonds. The van der Waals surface area contributed by atoms with Crippen molar-refractivity contribution in [2.24, 2.45) is 5.41 Å². The fourth-order valence-corrected chi connectivity index (χ4v) is 3.14. The number of carbonyl (C=O) groups excluding carboxylic acids is 2. The third-order valence-electron chi connectivity index (χ3n) is 4.75. The minimum Gasteiger partial charge on any atom is -0.326 e. The number of aromatic nitrogens is 1. The van der Waals surface area contributed by atoms with E-state index in [0.717, 1.165) is 22.2 Å². The summed E-state index contributed by atoms with van der Waals surface area (Å²) >= 11 is 0. The average Bonchev–Trinajstić information content (AvgIpc) is 2.97. The molecule has 3 aromatic rings. The zero-order valence-corrected chi connectivity index (χ0v) is 15.6.